The molecule has 0 spiro atoms. The summed E-state index contributed by atoms with van der Waals surface area (Å²) < 4.78 is 0.800. The van der Waals surface area contributed by atoms with Gasteiger partial charge >= 0.3 is 0 Å². The normalized spacial score (nSPS) is 11.9. The molecule has 0 aromatic heterocycles. The number of halogens is 1. The van der Waals surface area contributed by atoms with E-state index in [1.807, 2.05) is 25.1 Å². The van der Waals surface area contributed by atoms with Crippen molar-refractivity contribution in [2.45, 2.75) is 13.0 Å². The van der Waals surface area contributed by atoms with Crippen LogP contribution in [-0.4, -0.2) is 12.6 Å². The smallest absolute Gasteiger partial charge is 0.103 e. The molecule has 0 saturated carbocycles. The zero-order chi connectivity index (χ0) is 10.6. The average Bonchev–Trinajstić information content (AvgIpc) is 2.18. The first-order valence-corrected chi connectivity index (χ1v) is 5.13. The SMILES string of the molecule is CC(CN)Nc1cccc(Br)c1C#N. The zero-order valence-corrected chi connectivity index (χ0v) is 9.51. The highest BCUT2D eigenvalue weighted by atomic mass is 79.9. The van der Waals surface area contributed by atoms with Crippen LogP contribution >= 0.6 is 15.9 Å². The minimum atomic E-state index is 0.163. The van der Waals surface area contributed by atoms with Crippen molar-refractivity contribution in [1.29, 1.82) is 5.26 Å². The molecule has 0 fully saturated rings. The fourth-order valence-corrected chi connectivity index (χ4v) is 1.54. The van der Waals surface area contributed by atoms with Crippen LogP contribution in [-0.2, 0) is 0 Å². The van der Waals surface area contributed by atoms with Crippen LogP contribution in [0.1, 0.15) is 12.5 Å². The molecule has 0 saturated heterocycles. The van der Waals surface area contributed by atoms with E-state index in [2.05, 4.69) is 27.3 Å². The Balaban J connectivity index is 2.98. The molecule has 1 aromatic rings. The first kappa shape index (κ1) is 11.0. The first-order valence-electron chi connectivity index (χ1n) is 4.34. The van der Waals surface area contributed by atoms with Crippen molar-refractivity contribution < 1.29 is 0 Å². The summed E-state index contributed by atoms with van der Waals surface area (Å²) in [5.74, 6) is 0. The van der Waals surface area contributed by atoms with Crippen molar-refractivity contribution in [3.8, 4) is 6.07 Å². The average molecular weight is 254 g/mol. The molecule has 1 unspecified atom stereocenters. The summed E-state index contributed by atoms with van der Waals surface area (Å²) in [7, 11) is 0. The Morgan fingerprint density at radius 3 is 2.93 bits per heavy atom. The Bertz CT molecular complexity index is 357. The molecule has 0 aliphatic heterocycles. The summed E-state index contributed by atoms with van der Waals surface area (Å²) >= 11 is 3.33. The predicted molar refractivity (Wildman–Crippen MR) is 61.0 cm³/mol. The molecule has 1 aromatic carbocycles. The van der Waals surface area contributed by atoms with Crippen LogP contribution in [0.15, 0.2) is 22.7 Å². The number of nitrogens with zero attached hydrogens (tertiary/aromatic N) is 1. The van der Waals surface area contributed by atoms with Gasteiger partial charge in [0.2, 0.25) is 0 Å². The number of hydrogen-bond donors (Lipinski definition) is 2. The molecule has 14 heavy (non-hydrogen) atoms. The van der Waals surface area contributed by atoms with E-state index in [1.54, 1.807) is 0 Å². The number of nitrogens with two attached hydrogens (primary N) is 1. The minimum absolute atomic E-state index is 0.163. The zero-order valence-electron chi connectivity index (χ0n) is 7.92. The Hall–Kier alpha value is -1.05. The highest BCUT2D eigenvalue weighted by Gasteiger charge is 2.07. The second kappa shape index (κ2) is 4.99. The van der Waals surface area contributed by atoms with Gasteiger partial charge < -0.3 is 11.1 Å². The molecule has 0 heterocycles. The van der Waals surface area contributed by atoms with E-state index in [0.717, 1.165) is 10.2 Å². The number of anilines is 1. The lowest BCUT2D eigenvalue weighted by Gasteiger charge is -2.14. The van der Waals surface area contributed by atoms with E-state index in [4.69, 9.17) is 11.0 Å². The van der Waals surface area contributed by atoms with Crippen molar-refractivity contribution in [2.24, 2.45) is 5.73 Å². The van der Waals surface area contributed by atoms with E-state index in [0.29, 0.717) is 12.1 Å². The topological polar surface area (TPSA) is 61.8 Å². The van der Waals surface area contributed by atoms with Gasteiger partial charge in [0.15, 0.2) is 0 Å². The molecule has 3 nitrogen and oxygen atoms in total. The third kappa shape index (κ3) is 2.47. The van der Waals surface area contributed by atoms with Gasteiger partial charge in [-0.25, -0.2) is 0 Å². The number of nitrogens with one attached hydrogen (secondary N) is 1. The molecular formula is C10H12BrN3. The van der Waals surface area contributed by atoms with Crippen LogP contribution < -0.4 is 11.1 Å². The number of nitriles is 1. The van der Waals surface area contributed by atoms with Crippen molar-refractivity contribution in [1.82, 2.24) is 0 Å². The van der Waals surface area contributed by atoms with Crippen LogP contribution in [0.4, 0.5) is 5.69 Å². The largest absolute Gasteiger partial charge is 0.380 e. The third-order valence-corrected chi connectivity index (χ3v) is 2.54. The molecule has 0 radical (unpaired) electrons. The summed E-state index contributed by atoms with van der Waals surface area (Å²) in [5, 5.41) is 12.1. The van der Waals surface area contributed by atoms with E-state index >= 15 is 0 Å². The van der Waals surface area contributed by atoms with Crippen LogP contribution in [0, 0.1) is 11.3 Å². The molecule has 3 N–H and O–H groups in total. The van der Waals surface area contributed by atoms with Gasteiger partial charge in [-0.15, -0.1) is 0 Å². The molecule has 0 bridgehead atoms. The monoisotopic (exact) mass is 253 g/mol. The van der Waals surface area contributed by atoms with Gasteiger partial charge in [0, 0.05) is 17.1 Å². The molecule has 74 valence electrons. The standard InChI is InChI=1S/C10H12BrN3/c1-7(5-12)14-10-4-2-3-9(11)8(10)6-13/h2-4,7,14H,5,12H2,1H3. The van der Waals surface area contributed by atoms with Crippen molar-refractivity contribution in [3.05, 3.63) is 28.2 Å². The summed E-state index contributed by atoms with van der Waals surface area (Å²) in [6.45, 7) is 2.51. The summed E-state index contributed by atoms with van der Waals surface area (Å²) in [6, 6.07) is 7.91. The number of rotatable bonds is 3. The van der Waals surface area contributed by atoms with E-state index in [9.17, 15) is 0 Å². The maximum Gasteiger partial charge on any atom is 0.103 e. The van der Waals surface area contributed by atoms with Gasteiger partial charge in [0.05, 0.1) is 11.3 Å². The van der Waals surface area contributed by atoms with E-state index in [-0.39, 0.29) is 6.04 Å². The van der Waals surface area contributed by atoms with Crippen molar-refractivity contribution in [3.63, 3.8) is 0 Å². The second-order valence-corrected chi connectivity index (χ2v) is 3.91. The minimum Gasteiger partial charge on any atom is -0.380 e. The molecule has 4 heteroatoms. The van der Waals surface area contributed by atoms with Gasteiger partial charge in [-0.1, -0.05) is 6.07 Å². The maximum absolute atomic E-state index is 8.93. The molecular weight excluding hydrogens is 242 g/mol. The Kier molecular flexibility index (Phi) is 3.93. The highest BCUT2D eigenvalue weighted by molar-refractivity contribution is 9.10. The van der Waals surface area contributed by atoms with Gasteiger partial charge in [-0.05, 0) is 35.0 Å². The van der Waals surface area contributed by atoms with Crippen LogP contribution in [0.5, 0.6) is 0 Å². The quantitative estimate of drug-likeness (QED) is 0.868. The molecule has 1 atom stereocenters. The summed E-state index contributed by atoms with van der Waals surface area (Å²) in [6.07, 6.45) is 0. The lowest BCUT2D eigenvalue weighted by molar-refractivity contribution is 0.803. The Labute approximate surface area is 92.0 Å². The van der Waals surface area contributed by atoms with Crippen molar-refractivity contribution >= 4 is 21.6 Å². The van der Waals surface area contributed by atoms with Crippen LogP contribution in [0.3, 0.4) is 0 Å². The third-order valence-electron chi connectivity index (χ3n) is 1.88. The lowest BCUT2D eigenvalue weighted by Crippen LogP contribution is -2.25. The van der Waals surface area contributed by atoms with E-state index < -0.39 is 0 Å². The fourth-order valence-electron chi connectivity index (χ4n) is 1.08. The van der Waals surface area contributed by atoms with Gasteiger partial charge in [0.1, 0.15) is 6.07 Å². The fraction of sp³-hybridized carbons (Fsp3) is 0.300. The predicted octanol–water partition coefficient (Wildman–Crippen LogP) is 2.08. The Morgan fingerprint density at radius 1 is 1.64 bits per heavy atom. The first-order chi connectivity index (χ1) is 6.69. The van der Waals surface area contributed by atoms with Gasteiger partial charge in [0.25, 0.3) is 0 Å². The molecule has 0 aliphatic rings. The Morgan fingerprint density at radius 2 is 2.36 bits per heavy atom. The summed E-state index contributed by atoms with van der Waals surface area (Å²) in [5.41, 5.74) is 6.93. The maximum atomic E-state index is 8.93. The van der Waals surface area contributed by atoms with Crippen LogP contribution in [0.2, 0.25) is 0 Å². The van der Waals surface area contributed by atoms with Gasteiger partial charge in [-0.2, -0.15) is 5.26 Å². The molecule has 0 amide bonds. The van der Waals surface area contributed by atoms with Gasteiger partial charge in [-0.3, -0.25) is 0 Å². The summed E-state index contributed by atoms with van der Waals surface area (Å²) in [4.78, 5) is 0. The molecule has 0 aliphatic carbocycles. The van der Waals surface area contributed by atoms with E-state index in [1.165, 1.54) is 0 Å². The van der Waals surface area contributed by atoms with Crippen LogP contribution in [0.25, 0.3) is 0 Å². The van der Waals surface area contributed by atoms with Crippen molar-refractivity contribution in [2.75, 3.05) is 11.9 Å². The number of hydrogen-bond acceptors (Lipinski definition) is 3. The number of benzene rings is 1. The lowest BCUT2D eigenvalue weighted by atomic mass is 10.2. The molecule has 1 rings (SSSR count). The second-order valence-electron chi connectivity index (χ2n) is 3.06. The highest BCUT2D eigenvalue weighted by Crippen LogP contribution is 2.24.